The summed E-state index contributed by atoms with van der Waals surface area (Å²) in [5, 5.41) is 2.91. The molecule has 0 saturated heterocycles. The predicted octanol–water partition coefficient (Wildman–Crippen LogP) is 3.60. The van der Waals surface area contributed by atoms with Crippen LogP contribution in [0.4, 0.5) is 11.4 Å². The normalized spacial score (nSPS) is 12.3. The van der Waals surface area contributed by atoms with Gasteiger partial charge in [-0.15, -0.1) is 11.8 Å². The molecule has 0 spiro atoms. The van der Waals surface area contributed by atoms with Crippen molar-refractivity contribution in [3.8, 4) is 5.75 Å². The number of hydrogen-bond acceptors (Lipinski definition) is 5. The summed E-state index contributed by atoms with van der Waals surface area (Å²) < 4.78 is 30.2. The Morgan fingerprint density at radius 1 is 1.19 bits per heavy atom. The zero-order valence-electron chi connectivity index (χ0n) is 15.8. The highest BCUT2D eigenvalue weighted by atomic mass is 32.2. The van der Waals surface area contributed by atoms with Crippen LogP contribution >= 0.6 is 11.8 Å². The molecule has 0 aliphatic rings. The van der Waals surface area contributed by atoms with Crippen LogP contribution in [0, 0.1) is 0 Å². The van der Waals surface area contributed by atoms with E-state index in [1.54, 1.807) is 36.0 Å². The van der Waals surface area contributed by atoms with E-state index in [-0.39, 0.29) is 5.91 Å². The Hall–Kier alpha value is -2.19. The summed E-state index contributed by atoms with van der Waals surface area (Å²) in [7, 11) is -1.84. The molecule has 2 aromatic rings. The molecule has 1 atom stereocenters. The van der Waals surface area contributed by atoms with Gasteiger partial charge in [-0.1, -0.05) is 19.1 Å². The van der Waals surface area contributed by atoms with Crippen LogP contribution < -0.4 is 14.4 Å². The number of carbonyl (C=O) groups excluding carboxylic acids is 1. The summed E-state index contributed by atoms with van der Waals surface area (Å²) in [5.41, 5.74) is 1.28. The van der Waals surface area contributed by atoms with Crippen molar-refractivity contribution in [1.29, 1.82) is 0 Å². The fraction of sp³-hybridized carbons (Fsp3) is 0.316. The van der Waals surface area contributed by atoms with E-state index in [1.807, 2.05) is 37.4 Å². The third-order valence-corrected chi connectivity index (χ3v) is 6.01. The van der Waals surface area contributed by atoms with Crippen LogP contribution in [0.3, 0.4) is 0 Å². The fourth-order valence-electron chi connectivity index (χ4n) is 2.37. The maximum absolute atomic E-state index is 12.6. The molecule has 0 radical (unpaired) electrons. The van der Waals surface area contributed by atoms with E-state index in [9.17, 15) is 13.2 Å². The molecular formula is C19H24N2O4S2. The zero-order valence-corrected chi connectivity index (χ0v) is 17.4. The van der Waals surface area contributed by atoms with Gasteiger partial charge in [-0.25, -0.2) is 8.42 Å². The van der Waals surface area contributed by atoms with Crippen molar-refractivity contribution < 1.29 is 17.9 Å². The van der Waals surface area contributed by atoms with Crippen molar-refractivity contribution in [3.63, 3.8) is 0 Å². The van der Waals surface area contributed by atoms with Crippen LogP contribution in [0.15, 0.2) is 53.4 Å². The lowest BCUT2D eigenvalue weighted by molar-refractivity contribution is -0.122. The highest BCUT2D eigenvalue weighted by molar-refractivity contribution is 7.98. The van der Waals surface area contributed by atoms with Gasteiger partial charge in [0.25, 0.3) is 5.91 Å². The lowest BCUT2D eigenvalue weighted by Gasteiger charge is -2.20. The molecule has 2 aromatic carbocycles. The standard InChI is InChI=1S/C19H24N2O4S2/c1-5-17(19(22)20-16-8-6-7-9-18(16)26-3)25-15-12-10-14(11-13-15)21(2)27(4,23)24/h6-13,17H,5H2,1-4H3,(H,20,22)/t17-/m1/s1. The van der Waals surface area contributed by atoms with Crippen molar-refractivity contribution in [2.24, 2.45) is 0 Å². The van der Waals surface area contributed by atoms with Crippen molar-refractivity contribution in [2.75, 3.05) is 29.2 Å². The molecule has 0 unspecified atom stereocenters. The average Bonchev–Trinajstić information content (AvgIpc) is 2.65. The summed E-state index contributed by atoms with van der Waals surface area (Å²) in [6.45, 7) is 1.87. The summed E-state index contributed by atoms with van der Waals surface area (Å²) in [6, 6.07) is 14.2. The molecule has 0 fully saturated rings. The van der Waals surface area contributed by atoms with E-state index >= 15 is 0 Å². The first kappa shape index (κ1) is 21.1. The molecule has 146 valence electrons. The number of nitrogens with one attached hydrogen (secondary N) is 1. The summed E-state index contributed by atoms with van der Waals surface area (Å²) in [5.74, 6) is 0.275. The lowest BCUT2D eigenvalue weighted by atomic mass is 10.2. The van der Waals surface area contributed by atoms with E-state index in [4.69, 9.17) is 4.74 Å². The first-order valence-electron chi connectivity index (χ1n) is 8.40. The first-order chi connectivity index (χ1) is 12.8. The van der Waals surface area contributed by atoms with Gasteiger partial charge in [0, 0.05) is 11.9 Å². The van der Waals surface area contributed by atoms with Crippen molar-refractivity contribution in [3.05, 3.63) is 48.5 Å². The van der Waals surface area contributed by atoms with E-state index in [0.717, 1.165) is 16.8 Å². The second-order valence-electron chi connectivity index (χ2n) is 5.93. The largest absolute Gasteiger partial charge is 0.481 e. The number of amides is 1. The van der Waals surface area contributed by atoms with Crippen molar-refractivity contribution >= 4 is 39.1 Å². The van der Waals surface area contributed by atoms with Gasteiger partial charge in [0.1, 0.15) is 5.75 Å². The Bertz CT molecular complexity index is 883. The molecule has 27 heavy (non-hydrogen) atoms. The molecule has 0 bridgehead atoms. The molecule has 8 heteroatoms. The Labute approximate surface area is 165 Å². The number of rotatable bonds is 8. The van der Waals surface area contributed by atoms with Crippen LogP contribution in [-0.4, -0.2) is 40.0 Å². The smallest absolute Gasteiger partial charge is 0.265 e. The predicted molar refractivity (Wildman–Crippen MR) is 111 cm³/mol. The molecule has 0 heterocycles. The zero-order chi connectivity index (χ0) is 20.0. The molecule has 2 rings (SSSR count). The number of nitrogens with zero attached hydrogens (tertiary/aromatic N) is 1. The van der Waals surface area contributed by atoms with Gasteiger partial charge in [-0.05, 0) is 49.1 Å². The van der Waals surface area contributed by atoms with Crippen molar-refractivity contribution in [2.45, 2.75) is 24.3 Å². The summed E-state index contributed by atoms with van der Waals surface area (Å²) in [6.07, 6.45) is 2.94. The second kappa shape index (κ2) is 9.14. The third-order valence-electron chi connectivity index (χ3n) is 4.00. The number of anilines is 2. The minimum atomic E-state index is -3.32. The van der Waals surface area contributed by atoms with Crippen molar-refractivity contribution in [1.82, 2.24) is 0 Å². The number of ether oxygens (including phenoxy) is 1. The quantitative estimate of drug-likeness (QED) is 0.676. The van der Waals surface area contributed by atoms with Crippen LogP contribution in [0.2, 0.25) is 0 Å². The number of hydrogen-bond donors (Lipinski definition) is 1. The SMILES string of the molecule is CC[C@@H](Oc1ccc(N(C)S(C)(=O)=O)cc1)C(=O)Nc1ccccc1SC. The molecule has 0 aliphatic carbocycles. The second-order valence-corrected chi connectivity index (χ2v) is 8.79. The monoisotopic (exact) mass is 408 g/mol. The molecule has 1 N–H and O–H groups in total. The summed E-state index contributed by atoms with van der Waals surface area (Å²) >= 11 is 1.56. The summed E-state index contributed by atoms with van der Waals surface area (Å²) in [4.78, 5) is 13.6. The van der Waals surface area contributed by atoms with Gasteiger partial charge in [-0.2, -0.15) is 0 Å². The van der Waals surface area contributed by atoms with Gasteiger partial charge in [0.05, 0.1) is 17.6 Å². The maximum Gasteiger partial charge on any atom is 0.265 e. The number of thioether (sulfide) groups is 1. The van der Waals surface area contributed by atoms with E-state index in [0.29, 0.717) is 17.9 Å². The topological polar surface area (TPSA) is 75.7 Å². The molecule has 0 saturated carbocycles. The van der Waals surface area contributed by atoms with Crippen LogP contribution in [0.25, 0.3) is 0 Å². The number of para-hydroxylation sites is 1. The first-order valence-corrected chi connectivity index (χ1v) is 11.5. The van der Waals surface area contributed by atoms with Gasteiger partial charge >= 0.3 is 0 Å². The maximum atomic E-state index is 12.6. The Kier molecular flexibility index (Phi) is 7.15. The molecule has 0 aromatic heterocycles. The van der Waals surface area contributed by atoms with E-state index in [2.05, 4.69) is 5.32 Å². The van der Waals surface area contributed by atoms with Gasteiger partial charge < -0.3 is 10.1 Å². The van der Waals surface area contributed by atoms with Gasteiger partial charge in [-0.3, -0.25) is 9.10 Å². The fourth-order valence-corrected chi connectivity index (χ4v) is 3.43. The minimum Gasteiger partial charge on any atom is -0.481 e. The van der Waals surface area contributed by atoms with E-state index < -0.39 is 16.1 Å². The number of sulfonamides is 1. The third kappa shape index (κ3) is 5.64. The Morgan fingerprint density at radius 2 is 1.81 bits per heavy atom. The van der Waals surface area contributed by atoms with Gasteiger partial charge in [0.15, 0.2) is 6.10 Å². The van der Waals surface area contributed by atoms with Gasteiger partial charge in [0.2, 0.25) is 10.0 Å². The molecule has 6 nitrogen and oxygen atoms in total. The minimum absolute atomic E-state index is 0.226. The highest BCUT2D eigenvalue weighted by Gasteiger charge is 2.20. The molecule has 0 aliphatic heterocycles. The Morgan fingerprint density at radius 3 is 2.37 bits per heavy atom. The average molecular weight is 409 g/mol. The van der Waals surface area contributed by atoms with Crippen LogP contribution in [0.1, 0.15) is 13.3 Å². The van der Waals surface area contributed by atoms with E-state index in [1.165, 1.54) is 11.4 Å². The Balaban J connectivity index is 2.09. The molecular weight excluding hydrogens is 384 g/mol. The number of benzene rings is 2. The van der Waals surface area contributed by atoms with Crippen LogP contribution in [0.5, 0.6) is 5.75 Å². The highest BCUT2D eigenvalue weighted by Crippen LogP contribution is 2.26. The molecule has 1 amide bonds. The van der Waals surface area contributed by atoms with Crippen LogP contribution in [-0.2, 0) is 14.8 Å². The number of carbonyl (C=O) groups is 1. The lowest BCUT2D eigenvalue weighted by Crippen LogP contribution is -2.32.